The first-order valence-corrected chi connectivity index (χ1v) is 5.83. The van der Waals surface area contributed by atoms with E-state index < -0.39 is 0 Å². The number of ketones is 1. The van der Waals surface area contributed by atoms with Crippen LogP contribution in [0.4, 0.5) is 0 Å². The molecule has 4 nitrogen and oxygen atoms in total. The Hall–Kier alpha value is -1.42. The van der Waals surface area contributed by atoms with Gasteiger partial charge in [-0.05, 0) is 37.8 Å². The Balaban J connectivity index is 2.60. The Bertz CT molecular complexity index is 516. The molecule has 2 rings (SSSR count). The number of methoxy groups -OCH3 is 1. The summed E-state index contributed by atoms with van der Waals surface area (Å²) in [5.41, 5.74) is 2.93. The fraction of sp³-hybridized carbons (Fsp3) is 0.538. The highest BCUT2D eigenvalue weighted by atomic mass is 16.5. The maximum atomic E-state index is 11.8. The monoisotopic (exact) mass is 235 g/mol. The topological polar surface area (TPSA) is 59.2 Å². The van der Waals surface area contributed by atoms with E-state index >= 15 is 0 Å². The van der Waals surface area contributed by atoms with Gasteiger partial charge in [-0.25, -0.2) is 0 Å². The number of aromatic nitrogens is 1. The van der Waals surface area contributed by atoms with Crippen molar-refractivity contribution in [3.8, 4) is 0 Å². The van der Waals surface area contributed by atoms with E-state index in [2.05, 4.69) is 4.98 Å². The number of carbonyl (C=O) groups is 1. The maximum Gasteiger partial charge on any atom is 0.259 e. The van der Waals surface area contributed by atoms with Gasteiger partial charge in [-0.3, -0.25) is 9.59 Å². The summed E-state index contributed by atoms with van der Waals surface area (Å²) in [6.07, 6.45) is 2.57. The third kappa shape index (κ3) is 2.05. The lowest BCUT2D eigenvalue weighted by molar-refractivity contribution is 0.0899. The summed E-state index contributed by atoms with van der Waals surface area (Å²) in [5.74, 6) is -0.154. The van der Waals surface area contributed by atoms with Crippen LogP contribution in [0.3, 0.4) is 0 Å². The van der Waals surface area contributed by atoms with Gasteiger partial charge >= 0.3 is 0 Å². The highest BCUT2D eigenvalue weighted by Crippen LogP contribution is 2.26. The quantitative estimate of drug-likeness (QED) is 0.788. The molecular formula is C13H17NO3. The molecule has 0 saturated heterocycles. The predicted molar refractivity (Wildman–Crippen MR) is 64.6 cm³/mol. The second-order valence-electron chi connectivity index (χ2n) is 4.57. The van der Waals surface area contributed by atoms with Gasteiger partial charge in [0, 0.05) is 19.2 Å². The predicted octanol–water partition coefficient (Wildman–Crippen LogP) is 1.39. The molecule has 1 aliphatic rings. The van der Waals surface area contributed by atoms with Crippen molar-refractivity contribution in [2.75, 3.05) is 7.11 Å². The van der Waals surface area contributed by atoms with E-state index in [1.807, 2.05) is 6.92 Å². The summed E-state index contributed by atoms with van der Waals surface area (Å²) in [5, 5.41) is 0. The van der Waals surface area contributed by atoms with Gasteiger partial charge < -0.3 is 9.72 Å². The third-order valence-corrected chi connectivity index (χ3v) is 3.48. The summed E-state index contributed by atoms with van der Waals surface area (Å²) in [6, 6.07) is 0. The molecule has 0 amide bonds. The molecule has 0 bridgehead atoms. The molecule has 1 heterocycles. The minimum Gasteiger partial charge on any atom is -0.381 e. The largest absolute Gasteiger partial charge is 0.381 e. The first-order valence-electron chi connectivity index (χ1n) is 5.83. The zero-order valence-corrected chi connectivity index (χ0v) is 10.4. The fourth-order valence-corrected chi connectivity index (χ4v) is 2.58. The highest BCUT2D eigenvalue weighted by molar-refractivity contribution is 5.95. The molecule has 1 aromatic heterocycles. The molecule has 0 aliphatic heterocycles. The van der Waals surface area contributed by atoms with Crippen molar-refractivity contribution in [2.45, 2.75) is 39.2 Å². The lowest BCUT2D eigenvalue weighted by Gasteiger charge is -2.26. The van der Waals surface area contributed by atoms with Crippen LogP contribution in [0.25, 0.3) is 0 Å². The molecule has 1 unspecified atom stereocenters. The molecule has 1 aromatic rings. The summed E-state index contributed by atoms with van der Waals surface area (Å²) in [7, 11) is 1.70. The Labute approximate surface area is 100 Å². The first kappa shape index (κ1) is 12.0. The van der Waals surface area contributed by atoms with Gasteiger partial charge in [0.15, 0.2) is 5.78 Å². The van der Waals surface area contributed by atoms with Gasteiger partial charge in [-0.2, -0.15) is 0 Å². The van der Waals surface area contributed by atoms with Crippen LogP contribution < -0.4 is 5.56 Å². The number of hydrogen-bond acceptors (Lipinski definition) is 3. The number of pyridine rings is 1. The second kappa shape index (κ2) is 4.45. The number of rotatable bonds is 2. The lowest BCUT2D eigenvalue weighted by Crippen LogP contribution is -2.29. The number of hydrogen-bond donors (Lipinski definition) is 1. The van der Waals surface area contributed by atoms with Crippen molar-refractivity contribution in [1.82, 2.24) is 4.98 Å². The van der Waals surface area contributed by atoms with Crippen LogP contribution in [0, 0.1) is 6.92 Å². The number of nitrogens with one attached hydrogen (secondary N) is 1. The van der Waals surface area contributed by atoms with Gasteiger partial charge in [-0.15, -0.1) is 0 Å². The number of fused-ring (bicyclic) bond motifs is 1. The zero-order valence-electron chi connectivity index (χ0n) is 10.4. The Morgan fingerprint density at radius 1 is 1.41 bits per heavy atom. The molecule has 1 N–H and O–H groups in total. The van der Waals surface area contributed by atoms with Crippen molar-refractivity contribution in [1.29, 1.82) is 0 Å². The molecule has 0 radical (unpaired) electrons. The SMILES string of the molecule is COC1CCc2c(c(C)[nH]c(=O)c2C(C)=O)C1. The summed E-state index contributed by atoms with van der Waals surface area (Å²) in [4.78, 5) is 26.1. The van der Waals surface area contributed by atoms with Crippen LogP contribution >= 0.6 is 0 Å². The van der Waals surface area contributed by atoms with Gasteiger partial charge in [0.2, 0.25) is 0 Å². The van der Waals surface area contributed by atoms with Crippen LogP contribution in [0.5, 0.6) is 0 Å². The molecule has 4 heteroatoms. The van der Waals surface area contributed by atoms with E-state index in [4.69, 9.17) is 4.74 Å². The number of carbonyl (C=O) groups excluding carboxylic acids is 1. The third-order valence-electron chi connectivity index (χ3n) is 3.48. The number of H-pyrrole nitrogens is 1. The van der Waals surface area contributed by atoms with Crippen LogP contribution in [0.2, 0.25) is 0 Å². The summed E-state index contributed by atoms with van der Waals surface area (Å²) < 4.78 is 5.36. The smallest absolute Gasteiger partial charge is 0.259 e. The second-order valence-corrected chi connectivity index (χ2v) is 4.57. The van der Waals surface area contributed by atoms with Gasteiger partial charge in [-0.1, -0.05) is 0 Å². The van der Waals surface area contributed by atoms with E-state index in [1.165, 1.54) is 6.92 Å². The van der Waals surface area contributed by atoms with Crippen LogP contribution in [-0.2, 0) is 17.6 Å². The van der Waals surface area contributed by atoms with E-state index in [0.717, 1.165) is 36.1 Å². The van der Waals surface area contributed by atoms with Gasteiger partial charge in [0.1, 0.15) is 0 Å². The standard InChI is InChI=1S/C13H17NO3/c1-7-11-6-9(17-3)4-5-10(11)12(8(2)15)13(16)14-7/h9H,4-6H2,1-3H3,(H,14,16). The molecule has 0 spiro atoms. The molecule has 0 aromatic carbocycles. The Morgan fingerprint density at radius 2 is 2.12 bits per heavy atom. The highest BCUT2D eigenvalue weighted by Gasteiger charge is 2.25. The Kier molecular flexibility index (Phi) is 3.15. The first-order chi connectivity index (χ1) is 8.04. The number of aromatic amines is 1. The molecule has 0 fully saturated rings. The average Bonchev–Trinajstić information content (AvgIpc) is 2.28. The minimum absolute atomic E-state index is 0.154. The van der Waals surface area contributed by atoms with Crippen molar-refractivity contribution in [3.05, 3.63) is 32.7 Å². The minimum atomic E-state index is -0.260. The van der Waals surface area contributed by atoms with Crippen molar-refractivity contribution in [3.63, 3.8) is 0 Å². The Morgan fingerprint density at radius 3 is 2.71 bits per heavy atom. The van der Waals surface area contributed by atoms with Crippen molar-refractivity contribution >= 4 is 5.78 Å². The maximum absolute atomic E-state index is 11.8. The van der Waals surface area contributed by atoms with E-state index in [0.29, 0.717) is 5.56 Å². The van der Waals surface area contributed by atoms with Crippen LogP contribution in [0.1, 0.15) is 40.5 Å². The van der Waals surface area contributed by atoms with E-state index in [9.17, 15) is 9.59 Å². The summed E-state index contributed by atoms with van der Waals surface area (Å²) in [6.45, 7) is 3.32. The van der Waals surface area contributed by atoms with Gasteiger partial charge in [0.25, 0.3) is 5.56 Å². The average molecular weight is 235 g/mol. The van der Waals surface area contributed by atoms with Gasteiger partial charge in [0.05, 0.1) is 11.7 Å². The zero-order chi connectivity index (χ0) is 12.6. The molecule has 0 saturated carbocycles. The molecule has 1 aliphatic carbocycles. The lowest BCUT2D eigenvalue weighted by atomic mass is 9.85. The molecule has 17 heavy (non-hydrogen) atoms. The summed E-state index contributed by atoms with van der Waals surface area (Å²) >= 11 is 0. The molecular weight excluding hydrogens is 218 g/mol. The number of ether oxygens (including phenoxy) is 1. The number of aryl methyl sites for hydroxylation is 1. The molecule has 92 valence electrons. The van der Waals surface area contributed by atoms with Crippen LogP contribution in [0.15, 0.2) is 4.79 Å². The van der Waals surface area contributed by atoms with Crippen LogP contribution in [-0.4, -0.2) is 24.0 Å². The van der Waals surface area contributed by atoms with E-state index in [1.54, 1.807) is 7.11 Å². The van der Waals surface area contributed by atoms with Crippen molar-refractivity contribution < 1.29 is 9.53 Å². The van der Waals surface area contributed by atoms with E-state index in [-0.39, 0.29) is 17.4 Å². The fourth-order valence-electron chi connectivity index (χ4n) is 2.58. The normalized spacial score (nSPS) is 18.9. The number of Topliss-reactive ketones (excluding diaryl/α,β-unsaturated/α-hetero) is 1. The molecule has 1 atom stereocenters. The van der Waals surface area contributed by atoms with Crippen molar-refractivity contribution in [2.24, 2.45) is 0 Å².